The molecule has 0 atom stereocenters. The van der Waals surface area contributed by atoms with Crippen LogP contribution >= 0.6 is 23.4 Å². The van der Waals surface area contributed by atoms with Crippen LogP contribution in [0.4, 0.5) is 5.82 Å². The summed E-state index contributed by atoms with van der Waals surface area (Å²) >= 11 is 7.47. The van der Waals surface area contributed by atoms with Crippen molar-refractivity contribution in [2.75, 3.05) is 30.3 Å². The van der Waals surface area contributed by atoms with Gasteiger partial charge >= 0.3 is 0 Å². The second kappa shape index (κ2) is 13.6. The number of thioether (sulfide) groups is 1. The van der Waals surface area contributed by atoms with Gasteiger partial charge in [0.25, 0.3) is 0 Å². The molecule has 3 rings (SSSR count). The van der Waals surface area contributed by atoms with Crippen LogP contribution in [0, 0.1) is 0 Å². The van der Waals surface area contributed by atoms with E-state index in [-0.39, 0.29) is 17.6 Å². The predicted molar refractivity (Wildman–Crippen MR) is 143 cm³/mol. The van der Waals surface area contributed by atoms with Crippen molar-refractivity contribution < 1.29 is 4.79 Å². The topological polar surface area (TPSA) is 58.1 Å². The van der Waals surface area contributed by atoms with Gasteiger partial charge in [-0.2, -0.15) is 0 Å². The molecule has 1 aromatic heterocycles. The lowest BCUT2D eigenvalue weighted by Gasteiger charge is -2.20. The number of aromatic nitrogens is 2. The van der Waals surface area contributed by atoms with Crippen molar-refractivity contribution in [1.82, 2.24) is 15.3 Å². The van der Waals surface area contributed by atoms with Gasteiger partial charge in [-0.05, 0) is 17.5 Å². The van der Waals surface area contributed by atoms with Crippen molar-refractivity contribution in [3.8, 4) is 0 Å². The first-order chi connectivity index (χ1) is 16.6. The van der Waals surface area contributed by atoms with E-state index in [1.54, 1.807) is 18.2 Å². The number of carbonyl (C=O) groups is 1. The van der Waals surface area contributed by atoms with Crippen LogP contribution in [0.25, 0.3) is 0 Å². The largest absolute Gasteiger partial charge is 0.355 e. The summed E-state index contributed by atoms with van der Waals surface area (Å²) in [5, 5.41) is 3.82. The molecule has 7 heteroatoms. The molecule has 0 spiro atoms. The standard InChI is InChI=1S/C27H29ClN4OS/c1-3-17-32(18-4-2)25-19-24(28)30-27(31-25)34-20-26(33)29-16-15-23(21-11-7-5-8-12-21)22-13-9-6-10-14-22/h3-14,19,23H,1-2,15-18,20H2,(H,29,33). The molecule has 2 aromatic carbocycles. The fraction of sp³-hybridized carbons (Fsp3) is 0.222. The number of rotatable bonds is 13. The molecular formula is C27H29ClN4OS. The molecule has 5 nitrogen and oxygen atoms in total. The molecule has 0 aliphatic carbocycles. The number of hydrogen-bond acceptors (Lipinski definition) is 5. The Labute approximate surface area is 211 Å². The average molecular weight is 493 g/mol. The van der Waals surface area contributed by atoms with E-state index in [0.717, 1.165) is 6.42 Å². The molecule has 0 fully saturated rings. The van der Waals surface area contributed by atoms with E-state index in [2.05, 4.69) is 52.7 Å². The number of hydrogen-bond donors (Lipinski definition) is 1. The molecule has 34 heavy (non-hydrogen) atoms. The molecule has 0 radical (unpaired) electrons. The van der Waals surface area contributed by atoms with Gasteiger partial charge in [0.1, 0.15) is 11.0 Å². The molecule has 176 valence electrons. The minimum Gasteiger partial charge on any atom is -0.355 e. The maximum Gasteiger partial charge on any atom is 0.230 e. The van der Waals surface area contributed by atoms with Gasteiger partial charge in [-0.3, -0.25) is 4.79 Å². The fourth-order valence-corrected chi connectivity index (χ4v) is 4.53. The SMILES string of the molecule is C=CCN(CC=C)c1cc(Cl)nc(SCC(=O)NCCC(c2ccccc2)c2ccccc2)n1. The van der Waals surface area contributed by atoms with Gasteiger partial charge in [0.15, 0.2) is 5.16 Å². The summed E-state index contributed by atoms with van der Waals surface area (Å²) in [5.41, 5.74) is 2.47. The molecule has 0 unspecified atom stereocenters. The molecule has 1 N–H and O–H groups in total. The third-order valence-electron chi connectivity index (χ3n) is 5.18. The van der Waals surface area contributed by atoms with E-state index in [1.807, 2.05) is 41.3 Å². The van der Waals surface area contributed by atoms with Crippen LogP contribution < -0.4 is 10.2 Å². The van der Waals surface area contributed by atoms with Gasteiger partial charge in [0.2, 0.25) is 5.91 Å². The number of halogens is 1. The Morgan fingerprint density at radius 2 is 1.59 bits per heavy atom. The zero-order valence-electron chi connectivity index (χ0n) is 19.1. The van der Waals surface area contributed by atoms with Crippen LogP contribution in [0.1, 0.15) is 23.5 Å². The van der Waals surface area contributed by atoms with Crippen LogP contribution in [0.15, 0.2) is 97.2 Å². The summed E-state index contributed by atoms with van der Waals surface area (Å²) in [4.78, 5) is 23.3. The Hall–Kier alpha value is -3.09. The highest BCUT2D eigenvalue weighted by Gasteiger charge is 2.15. The van der Waals surface area contributed by atoms with Crippen LogP contribution in [0.2, 0.25) is 5.15 Å². The van der Waals surface area contributed by atoms with Crippen molar-refractivity contribution in [3.63, 3.8) is 0 Å². The summed E-state index contributed by atoms with van der Waals surface area (Å²) < 4.78 is 0. The quantitative estimate of drug-likeness (QED) is 0.143. The predicted octanol–water partition coefficient (Wildman–Crippen LogP) is 5.74. The number of nitrogens with zero attached hydrogens (tertiary/aromatic N) is 3. The molecule has 1 amide bonds. The average Bonchev–Trinajstić information content (AvgIpc) is 2.86. The van der Waals surface area contributed by atoms with Gasteiger partial charge in [-0.25, -0.2) is 9.97 Å². The minimum absolute atomic E-state index is 0.0657. The molecule has 1 heterocycles. The lowest BCUT2D eigenvalue weighted by molar-refractivity contribution is -0.118. The fourth-order valence-electron chi connectivity index (χ4n) is 3.62. The van der Waals surface area contributed by atoms with E-state index in [1.165, 1.54) is 22.9 Å². The molecule has 0 aliphatic heterocycles. The summed E-state index contributed by atoms with van der Waals surface area (Å²) in [5.74, 6) is 1.04. The highest BCUT2D eigenvalue weighted by Crippen LogP contribution is 2.27. The third-order valence-corrected chi connectivity index (χ3v) is 6.22. The zero-order chi connectivity index (χ0) is 24.2. The maximum atomic E-state index is 12.5. The monoisotopic (exact) mass is 492 g/mol. The van der Waals surface area contributed by atoms with Crippen LogP contribution in [-0.2, 0) is 4.79 Å². The maximum absolute atomic E-state index is 12.5. The van der Waals surface area contributed by atoms with Gasteiger partial charge in [-0.1, -0.05) is 96.2 Å². The first-order valence-electron chi connectivity index (χ1n) is 11.1. The second-order valence-electron chi connectivity index (χ2n) is 7.62. The van der Waals surface area contributed by atoms with Gasteiger partial charge in [0.05, 0.1) is 5.75 Å². The minimum atomic E-state index is -0.0657. The lowest BCUT2D eigenvalue weighted by Crippen LogP contribution is -2.27. The lowest BCUT2D eigenvalue weighted by atomic mass is 9.88. The molecule has 0 aliphatic rings. The number of benzene rings is 2. The normalized spacial score (nSPS) is 10.6. The highest BCUT2D eigenvalue weighted by molar-refractivity contribution is 7.99. The Kier molecular flexibility index (Phi) is 10.2. The van der Waals surface area contributed by atoms with E-state index in [4.69, 9.17) is 11.6 Å². The van der Waals surface area contributed by atoms with Crippen LogP contribution in [-0.4, -0.2) is 41.3 Å². The van der Waals surface area contributed by atoms with Crippen molar-refractivity contribution in [2.24, 2.45) is 0 Å². The Bertz CT molecular complexity index is 1030. The summed E-state index contributed by atoms with van der Waals surface area (Å²) in [6.45, 7) is 9.34. The summed E-state index contributed by atoms with van der Waals surface area (Å²) in [6.07, 6.45) is 4.39. The van der Waals surface area contributed by atoms with Crippen LogP contribution in [0.5, 0.6) is 0 Å². The van der Waals surface area contributed by atoms with Gasteiger partial charge in [0, 0.05) is 31.6 Å². The summed E-state index contributed by atoms with van der Waals surface area (Å²) in [7, 11) is 0. The molecule has 0 saturated carbocycles. The first-order valence-corrected chi connectivity index (χ1v) is 12.5. The van der Waals surface area contributed by atoms with Gasteiger partial charge < -0.3 is 10.2 Å². The molecule has 0 saturated heterocycles. The molecule has 0 bridgehead atoms. The number of amides is 1. The van der Waals surface area contributed by atoms with Crippen molar-refractivity contribution in [2.45, 2.75) is 17.5 Å². The molecule has 3 aromatic rings. The smallest absolute Gasteiger partial charge is 0.230 e. The second-order valence-corrected chi connectivity index (χ2v) is 8.94. The number of carbonyl (C=O) groups excluding carboxylic acids is 1. The molecular weight excluding hydrogens is 464 g/mol. The van der Waals surface area contributed by atoms with E-state index in [9.17, 15) is 4.79 Å². The summed E-state index contributed by atoms with van der Waals surface area (Å²) in [6, 6.07) is 22.4. The van der Waals surface area contributed by atoms with E-state index >= 15 is 0 Å². The van der Waals surface area contributed by atoms with E-state index < -0.39 is 0 Å². The highest BCUT2D eigenvalue weighted by atomic mass is 35.5. The Balaban J connectivity index is 1.57. The van der Waals surface area contributed by atoms with Crippen molar-refractivity contribution in [1.29, 1.82) is 0 Å². The Morgan fingerprint density at radius 3 is 2.15 bits per heavy atom. The first kappa shape index (κ1) is 25.5. The van der Waals surface area contributed by atoms with Crippen LogP contribution in [0.3, 0.4) is 0 Å². The van der Waals surface area contributed by atoms with E-state index in [0.29, 0.717) is 35.8 Å². The van der Waals surface area contributed by atoms with Gasteiger partial charge in [-0.15, -0.1) is 13.2 Å². The van der Waals surface area contributed by atoms with Crippen molar-refractivity contribution >= 4 is 35.1 Å². The zero-order valence-corrected chi connectivity index (χ0v) is 20.6. The number of nitrogens with one attached hydrogen (secondary N) is 1. The Morgan fingerprint density at radius 1 is 1.00 bits per heavy atom. The third kappa shape index (κ3) is 7.75. The number of anilines is 1. The van der Waals surface area contributed by atoms with Crippen molar-refractivity contribution in [3.05, 3.63) is 108 Å².